The van der Waals surface area contributed by atoms with Crippen LogP contribution in [0.15, 0.2) is 18.2 Å². The van der Waals surface area contributed by atoms with E-state index in [0.29, 0.717) is 11.6 Å². The number of anilines is 1. The molecular formula is C12H13ClF3NS. The minimum absolute atomic E-state index is 0.121. The molecule has 1 unspecified atom stereocenters. The molecular weight excluding hydrogens is 283 g/mol. The zero-order chi connectivity index (χ0) is 13.2. The van der Waals surface area contributed by atoms with Crippen LogP contribution in [0.1, 0.15) is 12.0 Å². The van der Waals surface area contributed by atoms with Crippen LogP contribution in [0.5, 0.6) is 0 Å². The van der Waals surface area contributed by atoms with Crippen LogP contribution in [-0.2, 0) is 6.18 Å². The van der Waals surface area contributed by atoms with Crippen molar-refractivity contribution >= 4 is 29.1 Å². The van der Waals surface area contributed by atoms with Gasteiger partial charge in [0.25, 0.3) is 0 Å². The molecule has 0 aliphatic carbocycles. The molecule has 1 heterocycles. The van der Waals surface area contributed by atoms with Gasteiger partial charge in [-0.15, -0.1) is 0 Å². The largest absolute Gasteiger partial charge is 0.416 e. The van der Waals surface area contributed by atoms with E-state index in [1.807, 2.05) is 11.8 Å². The normalized spacial score (nSPS) is 20.1. The summed E-state index contributed by atoms with van der Waals surface area (Å²) in [6.45, 7) is 0.762. The Morgan fingerprint density at radius 1 is 1.39 bits per heavy atom. The Morgan fingerprint density at radius 3 is 2.72 bits per heavy atom. The third-order valence-electron chi connectivity index (χ3n) is 2.90. The summed E-state index contributed by atoms with van der Waals surface area (Å²) in [7, 11) is 0. The highest BCUT2D eigenvalue weighted by Gasteiger charge is 2.30. The number of benzene rings is 1. The van der Waals surface area contributed by atoms with Gasteiger partial charge in [0.15, 0.2) is 0 Å². The van der Waals surface area contributed by atoms with Gasteiger partial charge in [-0.1, -0.05) is 11.6 Å². The number of hydrogen-bond donors (Lipinski definition) is 1. The lowest BCUT2D eigenvalue weighted by Gasteiger charge is -2.14. The van der Waals surface area contributed by atoms with Crippen molar-refractivity contribution in [3.8, 4) is 0 Å². The van der Waals surface area contributed by atoms with Gasteiger partial charge in [0.2, 0.25) is 0 Å². The van der Waals surface area contributed by atoms with Gasteiger partial charge in [-0.2, -0.15) is 24.9 Å². The van der Waals surface area contributed by atoms with Crippen molar-refractivity contribution in [2.24, 2.45) is 5.92 Å². The molecule has 0 spiro atoms. The van der Waals surface area contributed by atoms with Crippen molar-refractivity contribution in [1.82, 2.24) is 0 Å². The second-order valence-electron chi connectivity index (χ2n) is 4.30. The average molecular weight is 296 g/mol. The Kier molecular flexibility index (Phi) is 4.33. The molecule has 1 aromatic rings. The van der Waals surface area contributed by atoms with Gasteiger partial charge >= 0.3 is 6.18 Å². The van der Waals surface area contributed by atoms with Crippen molar-refractivity contribution in [3.63, 3.8) is 0 Å². The summed E-state index contributed by atoms with van der Waals surface area (Å²) in [6, 6.07) is 3.41. The lowest BCUT2D eigenvalue weighted by atomic mass is 10.1. The number of alkyl halides is 3. The van der Waals surface area contributed by atoms with E-state index in [0.717, 1.165) is 36.6 Å². The summed E-state index contributed by atoms with van der Waals surface area (Å²) in [4.78, 5) is 0. The molecule has 0 aromatic heterocycles. The van der Waals surface area contributed by atoms with Crippen molar-refractivity contribution in [2.75, 3.05) is 23.4 Å². The van der Waals surface area contributed by atoms with E-state index in [9.17, 15) is 13.2 Å². The SMILES string of the molecule is FC(F)(F)c1ccc(NCC2CCSC2)c(Cl)c1. The Balaban J connectivity index is 2.01. The summed E-state index contributed by atoms with van der Waals surface area (Å²) in [5.74, 6) is 2.84. The van der Waals surface area contributed by atoms with Crippen LogP contribution in [0.3, 0.4) is 0 Å². The zero-order valence-corrected chi connectivity index (χ0v) is 11.1. The first-order valence-electron chi connectivity index (χ1n) is 5.65. The van der Waals surface area contributed by atoms with Crippen molar-refractivity contribution in [2.45, 2.75) is 12.6 Å². The fourth-order valence-electron chi connectivity index (χ4n) is 1.83. The topological polar surface area (TPSA) is 12.0 Å². The van der Waals surface area contributed by atoms with E-state index < -0.39 is 11.7 Å². The quantitative estimate of drug-likeness (QED) is 0.879. The molecule has 1 nitrogen and oxygen atoms in total. The molecule has 1 aromatic carbocycles. The monoisotopic (exact) mass is 295 g/mol. The summed E-state index contributed by atoms with van der Waals surface area (Å²) >= 11 is 7.76. The third kappa shape index (κ3) is 3.48. The molecule has 0 saturated carbocycles. The fraction of sp³-hybridized carbons (Fsp3) is 0.500. The smallest absolute Gasteiger partial charge is 0.384 e. The number of hydrogen-bond acceptors (Lipinski definition) is 2. The second-order valence-corrected chi connectivity index (χ2v) is 5.86. The highest BCUT2D eigenvalue weighted by Crippen LogP contribution is 2.34. The predicted molar refractivity (Wildman–Crippen MR) is 70.4 cm³/mol. The molecule has 1 fully saturated rings. The third-order valence-corrected chi connectivity index (χ3v) is 4.45. The Bertz CT molecular complexity index is 416. The minimum Gasteiger partial charge on any atom is -0.384 e. The molecule has 1 aliphatic rings. The minimum atomic E-state index is -4.34. The first kappa shape index (κ1) is 13.9. The van der Waals surface area contributed by atoms with E-state index in [1.165, 1.54) is 6.07 Å². The zero-order valence-electron chi connectivity index (χ0n) is 9.56. The molecule has 0 bridgehead atoms. The number of rotatable bonds is 3. The first-order valence-corrected chi connectivity index (χ1v) is 7.18. The van der Waals surface area contributed by atoms with Gasteiger partial charge in [-0.25, -0.2) is 0 Å². The molecule has 0 amide bonds. The lowest BCUT2D eigenvalue weighted by molar-refractivity contribution is -0.137. The summed E-state index contributed by atoms with van der Waals surface area (Å²) in [5, 5.41) is 3.24. The summed E-state index contributed by atoms with van der Waals surface area (Å²) < 4.78 is 37.3. The molecule has 0 radical (unpaired) electrons. The molecule has 1 aliphatic heterocycles. The van der Waals surface area contributed by atoms with Gasteiger partial charge in [0.05, 0.1) is 16.3 Å². The molecule has 100 valence electrons. The highest BCUT2D eigenvalue weighted by atomic mass is 35.5. The van der Waals surface area contributed by atoms with Crippen LogP contribution in [0.4, 0.5) is 18.9 Å². The highest BCUT2D eigenvalue weighted by molar-refractivity contribution is 7.99. The van der Waals surface area contributed by atoms with E-state index in [2.05, 4.69) is 5.32 Å². The number of nitrogens with one attached hydrogen (secondary N) is 1. The average Bonchev–Trinajstić information content (AvgIpc) is 2.79. The van der Waals surface area contributed by atoms with E-state index in [1.54, 1.807) is 0 Å². The van der Waals surface area contributed by atoms with Gasteiger partial charge in [0.1, 0.15) is 0 Å². The Labute approximate surface area is 113 Å². The Hall–Kier alpha value is -0.550. The fourth-order valence-corrected chi connectivity index (χ4v) is 3.37. The van der Waals surface area contributed by atoms with E-state index >= 15 is 0 Å². The number of thioether (sulfide) groups is 1. The maximum Gasteiger partial charge on any atom is 0.416 e. The van der Waals surface area contributed by atoms with Crippen LogP contribution in [0.2, 0.25) is 5.02 Å². The van der Waals surface area contributed by atoms with Crippen molar-refractivity contribution in [1.29, 1.82) is 0 Å². The second kappa shape index (κ2) is 5.61. The lowest BCUT2D eigenvalue weighted by Crippen LogP contribution is -2.14. The van der Waals surface area contributed by atoms with Crippen LogP contribution in [0, 0.1) is 5.92 Å². The van der Waals surface area contributed by atoms with Crippen LogP contribution in [-0.4, -0.2) is 18.1 Å². The van der Waals surface area contributed by atoms with Crippen LogP contribution < -0.4 is 5.32 Å². The standard InChI is InChI=1S/C12H13ClF3NS/c13-10-5-9(12(14,15)16)1-2-11(10)17-6-8-3-4-18-7-8/h1-2,5,8,17H,3-4,6-7H2. The molecule has 1 N–H and O–H groups in total. The molecule has 2 rings (SSSR count). The Morgan fingerprint density at radius 2 is 2.17 bits per heavy atom. The van der Waals surface area contributed by atoms with Crippen LogP contribution >= 0.6 is 23.4 Å². The molecule has 1 saturated heterocycles. The van der Waals surface area contributed by atoms with E-state index in [-0.39, 0.29) is 5.02 Å². The van der Waals surface area contributed by atoms with Crippen molar-refractivity contribution in [3.05, 3.63) is 28.8 Å². The number of halogens is 4. The summed E-state index contributed by atoms with van der Waals surface area (Å²) in [6.07, 6.45) is -3.19. The molecule has 1 atom stereocenters. The first-order chi connectivity index (χ1) is 8.47. The molecule has 6 heteroatoms. The predicted octanol–water partition coefficient (Wildman–Crippen LogP) is 4.52. The van der Waals surface area contributed by atoms with Gasteiger partial charge in [0, 0.05) is 6.54 Å². The van der Waals surface area contributed by atoms with E-state index in [4.69, 9.17) is 11.6 Å². The van der Waals surface area contributed by atoms with Crippen LogP contribution in [0.25, 0.3) is 0 Å². The van der Waals surface area contributed by atoms with Gasteiger partial charge in [-0.05, 0) is 42.0 Å². The maximum atomic E-state index is 12.4. The van der Waals surface area contributed by atoms with Crippen molar-refractivity contribution < 1.29 is 13.2 Å². The molecule has 18 heavy (non-hydrogen) atoms. The maximum absolute atomic E-state index is 12.4. The van der Waals surface area contributed by atoms with Gasteiger partial charge in [-0.3, -0.25) is 0 Å². The van der Waals surface area contributed by atoms with Gasteiger partial charge < -0.3 is 5.32 Å². The summed E-state index contributed by atoms with van der Waals surface area (Å²) in [5.41, 5.74) is -0.143.